The molecule has 1 heterocycles. The molecule has 1 aliphatic carbocycles. The molecule has 1 aromatic heterocycles. The van der Waals surface area contributed by atoms with Crippen LogP contribution in [0, 0.1) is 11.8 Å². The van der Waals surface area contributed by atoms with Gasteiger partial charge >= 0.3 is 0 Å². The third kappa shape index (κ3) is 4.47. The molecule has 0 radical (unpaired) electrons. The maximum absolute atomic E-state index is 4.17. The van der Waals surface area contributed by atoms with Crippen LogP contribution in [0.2, 0.25) is 0 Å². The maximum Gasteiger partial charge on any atom is 0.0945 e. The van der Waals surface area contributed by atoms with Gasteiger partial charge in [-0.25, -0.2) is 4.98 Å². The van der Waals surface area contributed by atoms with E-state index in [2.05, 4.69) is 22.7 Å². The predicted molar refractivity (Wildman–Crippen MR) is 76.4 cm³/mol. The Bertz CT molecular complexity index is 299. The molecule has 1 atom stereocenters. The standard InChI is InChI=1S/C16H28N2/c1-2-3-7-16(13-18-11-10-17-14-18)12-15-8-5-4-6-9-15/h10-11,14-16H,2-9,12-13H2,1H3. The van der Waals surface area contributed by atoms with E-state index in [1.54, 1.807) is 0 Å². The lowest BCUT2D eigenvalue weighted by Crippen LogP contribution is -2.16. The fraction of sp³-hybridized carbons (Fsp3) is 0.812. The molecule has 0 N–H and O–H groups in total. The Morgan fingerprint density at radius 3 is 2.78 bits per heavy atom. The van der Waals surface area contributed by atoms with Gasteiger partial charge in [-0.15, -0.1) is 0 Å². The van der Waals surface area contributed by atoms with Crippen molar-refractivity contribution in [3.8, 4) is 0 Å². The number of nitrogens with zero attached hydrogens (tertiary/aromatic N) is 2. The number of aromatic nitrogens is 2. The van der Waals surface area contributed by atoms with Gasteiger partial charge in [-0.3, -0.25) is 0 Å². The van der Waals surface area contributed by atoms with Gasteiger partial charge in [-0.05, 0) is 24.7 Å². The zero-order valence-electron chi connectivity index (χ0n) is 11.9. The number of hydrogen-bond acceptors (Lipinski definition) is 1. The first-order valence-electron chi connectivity index (χ1n) is 7.84. The first kappa shape index (κ1) is 13.6. The molecule has 0 saturated heterocycles. The molecule has 18 heavy (non-hydrogen) atoms. The van der Waals surface area contributed by atoms with Gasteiger partial charge in [0, 0.05) is 18.9 Å². The van der Waals surface area contributed by atoms with Gasteiger partial charge in [0.25, 0.3) is 0 Å². The molecule has 1 saturated carbocycles. The molecule has 2 nitrogen and oxygen atoms in total. The Hall–Kier alpha value is -0.790. The number of unbranched alkanes of at least 4 members (excludes halogenated alkanes) is 1. The Morgan fingerprint density at radius 1 is 1.28 bits per heavy atom. The van der Waals surface area contributed by atoms with E-state index in [1.807, 2.05) is 12.5 Å². The summed E-state index contributed by atoms with van der Waals surface area (Å²) >= 11 is 0. The van der Waals surface area contributed by atoms with E-state index in [1.165, 1.54) is 64.3 Å². The molecule has 1 aromatic rings. The van der Waals surface area contributed by atoms with Crippen LogP contribution in [0.4, 0.5) is 0 Å². The van der Waals surface area contributed by atoms with Crippen molar-refractivity contribution in [2.45, 2.75) is 71.3 Å². The Balaban J connectivity index is 1.83. The highest BCUT2D eigenvalue weighted by molar-refractivity contribution is 4.77. The molecule has 0 bridgehead atoms. The molecule has 1 fully saturated rings. The fourth-order valence-corrected chi connectivity index (χ4v) is 3.36. The van der Waals surface area contributed by atoms with Crippen LogP contribution in [0.1, 0.15) is 64.7 Å². The average Bonchev–Trinajstić information content (AvgIpc) is 2.90. The molecule has 0 aliphatic heterocycles. The van der Waals surface area contributed by atoms with Gasteiger partial charge in [0.2, 0.25) is 0 Å². The Labute approximate surface area is 112 Å². The summed E-state index contributed by atoms with van der Waals surface area (Å²) in [7, 11) is 0. The second-order valence-corrected chi connectivity index (χ2v) is 6.01. The SMILES string of the molecule is CCCCC(CC1CCCCC1)Cn1ccnc1. The number of rotatable bonds is 7. The maximum atomic E-state index is 4.17. The largest absolute Gasteiger partial charge is 0.337 e. The van der Waals surface area contributed by atoms with Crippen LogP contribution in [0.15, 0.2) is 18.7 Å². The summed E-state index contributed by atoms with van der Waals surface area (Å²) in [4.78, 5) is 4.17. The van der Waals surface area contributed by atoms with Gasteiger partial charge in [-0.2, -0.15) is 0 Å². The van der Waals surface area contributed by atoms with Crippen molar-refractivity contribution in [3.63, 3.8) is 0 Å². The van der Waals surface area contributed by atoms with Crippen LogP contribution in [-0.2, 0) is 6.54 Å². The summed E-state index contributed by atoms with van der Waals surface area (Å²) in [5.41, 5.74) is 0. The third-order valence-corrected chi connectivity index (χ3v) is 4.39. The summed E-state index contributed by atoms with van der Waals surface area (Å²) in [6.07, 6.45) is 18.9. The topological polar surface area (TPSA) is 17.8 Å². The average molecular weight is 248 g/mol. The fourth-order valence-electron chi connectivity index (χ4n) is 3.36. The van der Waals surface area contributed by atoms with Crippen molar-refractivity contribution in [1.29, 1.82) is 0 Å². The van der Waals surface area contributed by atoms with E-state index < -0.39 is 0 Å². The van der Waals surface area contributed by atoms with Crippen LogP contribution in [0.25, 0.3) is 0 Å². The van der Waals surface area contributed by atoms with E-state index >= 15 is 0 Å². The minimum absolute atomic E-state index is 0.863. The quantitative estimate of drug-likeness (QED) is 0.686. The lowest BCUT2D eigenvalue weighted by atomic mass is 9.81. The lowest BCUT2D eigenvalue weighted by Gasteiger charge is -2.26. The first-order chi connectivity index (χ1) is 8.88. The molecule has 1 aliphatic rings. The van der Waals surface area contributed by atoms with Crippen LogP contribution in [-0.4, -0.2) is 9.55 Å². The van der Waals surface area contributed by atoms with Crippen molar-refractivity contribution in [1.82, 2.24) is 9.55 Å². The second-order valence-electron chi connectivity index (χ2n) is 6.01. The van der Waals surface area contributed by atoms with Gasteiger partial charge in [0.15, 0.2) is 0 Å². The molecule has 102 valence electrons. The zero-order chi connectivity index (χ0) is 12.6. The van der Waals surface area contributed by atoms with Crippen LogP contribution in [0.5, 0.6) is 0 Å². The minimum Gasteiger partial charge on any atom is -0.337 e. The zero-order valence-corrected chi connectivity index (χ0v) is 11.9. The number of imidazole rings is 1. The summed E-state index contributed by atoms with van der Waals surface area (Å²) in [6.45, 7) is 3.48. The molecule has 2 heteroatoms. The van der Waals surface area contributed by atoms with Gasteiger partial charge in [-0.1, -0.05) is 51.9 Å². The van der Waals surface area contributed by atoms with Crippen molar-refractivity contribution >= 4 is 0 Å². The summed E-state index contributed by atoms with van der Waals surface area (Å²) < 4.78 is 2.27. The first-order valence-corrected chi connectivity index (χ1v) is 7.84. The van der Waals surface area contributed by atoms with E-state index in [0.717, 1.165) is 11.8 Å². The molecule has 0 spiro atoms. The summed E-state index contributed by atoms with van der Waals surface area (Å²) in [6, 6.07) is 0. The van der Waals surface area contributed by atoms with Crippen LogP contribution < -0.4 is 0 Å². The molecule has 0 aromatic carbocycles. The lowest BCUT2D eigenvalue weighted by molar-refractivity contribution is 0.257. The molecular weight excluding hydrogens is 220 g/mol. The van der Waals surface area contributed by atoms with Crippen LogP contribution in [0.3, 0.4) is 0 Å². The van der Waals surface area contributed by atoms with Gasteiger partial charge < -0.3 is 4.57 Å². The summed E-state index contributed by atoms with van der Waals surface area (Å²) in [5, 5.41) is 0. The van der Waals surface area contributed by atoms with Crippen molar-refractivity contribution in [2.24, 2.45) is 11.8 Å². The van der Waals surface area contributed by atoms with E-state index in [4.69, 9.17) is 0 Å². The molecule has 2 rings (SSSR count). The normalized spacial score (nSPS) is 18.9. The monoisotopic (exact) mass is 248 g/mol. The smallest absolute Gasteiger partial charge is 0.0945 e. The Morgan fingerprint density at radius 2 is 2.11 bits per heavy atom. The van der Waals surface area contributed by atoms with Crippen molar-refractivity contribution in [2.75, 3.05) is 0 Å². The van der Waals surface area contributed by atoms with E-state index in [9.17, 15) is 0 Å². The predicted octanol–water partition coefficient (Wildman–Crippen LogP) is 4.66. The molecule has 0 amide bonds. The minimum atomic E-state index is 0.863. The van der Waals surface area contributed by atoms with Gasteiger partial charge in [0.05, 0.1) is 6.33 Å². The summed E-state index contributed by atoms with van der Waals surface area (Å²) in [5.74, 6) is 1.87. The van der Waals surface area contributed by atoms with E-state index in [-0.39, 0.29) is 0 Å². The number of hydrogen-bond donors (Lipinski definition) is 0. The van der Waals surface area contributed by atoms with E-state index in [0.29, 0.717) is 0 Å². The highest BCUT2D eigenvalue weighted by atomic mass is 15.0. The van der Waals surface area contributed by atoms with Gasteiger partial charge in [0.1, 0.15) is 0 Å². The molecule has 1 unspecified atom stereocenters. The van der Waals surface area contributed by atoms with Crippen molar-refractivity contribution in [3.05, 3.63) is 18.7 Å². The van der Waals surface area contributed by atoms with Crippen molar-refractivity contribution < 1.29 is 0 Å². The molecular formula is C16H28N2. The highest BCUT2D eigenvalue weighted by Crippen LogP contribution is 2.31. The highest BCUT2D eigenvalue weighted by Gasteiger charge is 2.19. The second kappa shape index (κ2) is 7.60. The third-order valence-electron chi connectivity index (χ3n) is 4.39. The Kier molecular flexibility index (Phi) is 5.76. The van der Waals surface area contributed by atoms with Crippen LogP contribution >= 0.6 is 0 Å².